The third-order valence-corrected chi connectivity index (χ3v) is 4.01. The Hall–Kier alpha value is -0.990. The van der Waals surface area contributed by atoms with Crippen LogP contribution >= 0.6 is 12.6 Å². The monoisotopic (exact) mass is 320 g/mol. The number of hydrogen-bond donors (Lipinski definition) is 2. The molecule has 1 saturated heterocycles. The Morgan fingerprint density at radius 1 is 1.40 bits per heavy atom. The van der Waals surface area contributed by atoms with Crippen LogP contribution in [0.5, 0.6) is 5.75 Å². The summed E-state index contributed by atoms with van der Waals surface area (Å²) >= 11 is 4.22. The lowest BCUT2D eigenvalue weighted by Gasteiger charge is -2.30. The maximum Gasteiger partial charge on any atom is 0.488 e. The molecular formula is C12H17FN2O3S2. The van der Waals surface area contributed by atoms with Gasteiger partial charge in [0, 0.05) is 43.7 Å². The molecule has 20 heavy (non-hydrogen) atoms. The lowest BCUT2D eigenvalue weighted by molar-refractivity contribution is 0.438. The Kier molecular flexibility index (Phi) is 4.77. The molecule has 112 valence electrons. The zero-order valence-corrected chi connectivity index (χ0v) is 12.8. The summed E-state index contributed by atoms with van der Waals surface area (Å²) in [6, 6.07) is 3.50. The van der Waals surface area contributed by atoms with Crippen LogP contribution in [0.4, 0.5) is 9.57 Å². The number of rotatable bonds is 4. The number of halogens is 1. The van der Waals surface area contributed by atoms with E-state index in [0.717, 1.165) is 37.4 Å². The molecule has 0 saturated carbocycles. The molecule has 2 rings (SSSR count). The van der Waals surface area contributed by atoms with Gasteiger partial charge in [0.1, 0.15) is 0 Å². The quantitative estimate of drug-likeness (QED) is 0.649. The first-order valence-corrected chi connectivity index (χ1v) is 8.19. The van der Waals surface area contributed by atoms with Crippen molar-refractivity contribution in [3.63, 3.8) is 0 Å². The van der Waals surface area contributed by atoms with Gasteiger partial charge in [-0.3, -0.25) is 0 Å². The highest BCUT2D eigenvalue weighted by molar-refractivity contribution is 7.81. The predicted molar refractivity (Wildman–Crippen MR) is 79.6 cm³/mol. The Morgan fingerprint density at radius 3 is 2.60 bits per heavy atom. The van der Waals surface area contributed by atoms with E-state index in [-0.39, 0.29) is 5.75 Å². The number of nitrogens with one attached hydrogen (secondary N) is 1. The van der Waals surface area contributed by atoms with E-state index in [4.69, 9.17) is 0 Å². The predicted octanol–water partition coefficient (Wildman–Crippen LogP) is 1.43. The van der Waals surface area contributed by atoms with Gasteiger partial charge in [0.25, 0.3) is 0 Å². The number of hydrogen-bond acceptors (Lipinski definition) is 6. The smallest absolute Gasteiger partial charge is 0.369 e. The van der Waals surface area contributed by atoms with Crippen molar-refractivity contribution in [1.29, 1.82) is 0 Å². The third kappa shape index (κ3) is 3.77. The molecule has 1 aliphatic heterocycles. The van der Waals surface area contributed by atoms with Crippen LogP contribution in [0.3, 0.4) is 0 Å². The molecule has 0 amide bonds. The first kappa shape index (κ1) is 15.4. The molecule has 1 aromatic carbocycles. The second-order valence-electron chi connectivity index (χ2n) is 4.60. The van der Waals surface area contributed by atoms with Gasteiger partial charge in [0.15, 0.2) is 5.75 Å². The second kappa shape index (κ2) is 6.19. The molecule has 0 aliphatic carbocycles. The van der Waals surface area contributed by atoms with Crippen LogP contribution in [0.1, 0.15) is 11.1 Å². The van der Waals surface area contributed by atoms with Crippen LogP contribution in [0, 0.1) is 6.92 Å². The maximum atomic E-state index is 12.8. The Labute approximate surface area is 123 Å². The maximum absolute atomic E-state index is 12.8. The van der Waals surface area contributed by atoms with Gasteiger partial charge in [-0.1, -0.05) is 3.89 Å². The summed E-state index contributed by atoms with van der Waals surface area (Å²) < 4.78 is 38.6. The first-order chi connectivity index (χ1) is 9.40. The van der Waals surface area contributed by atoms with E-state index in [9.17, 15) is 12.3 Å². The van der Waals surface area contributed by atoms with Crippen LogP contribution in [0.15, 0.2) is 12.1 Å². The van der Waals surface area contributed by atoms with Crippen molar-refractivity contribution in [2.75, 3.05) is 31.1 Å². The van der Waals surface area contributed by atoms with Gasteiger partial charge in [-0.05, 0) is 24.1 Å². The van der Waals surface area contributed by atoms with Crippen molar-refractivity contribution in [3.8, 4) is 5.75 Å². The van der Waals surface area contributed by atoms with Gasteiger partial charge in [-0.25, -0.2) is 0 Å². The molecule has 1 heterocycles. The van der Waals surface area contributed by atoms with Crippen LogP contribution in [-0.2, 0) is 16.3 Å². The Balaban J connectivity index is 2.40. The van der Waals surface area contributed by atoms with E-state index < -0.39 is 10.5 Å². The SMILES string of the molecule is Cc1c(CS)cc(N2CCNCC2)cc1OS(=O)(=O)F. The lowest BCUT2D eigenvalue weighted by atomic mass is 10.1. The van der Waals surface area contributed by atoms with Gasteiger partial charge in [-0.15, -0.1) is 0 Å². The first-order valence-electron chi connectivity index (χ1n) is 6.25. The summed E-state index contributed by atoms with van der Waals surface area (Å²) in [4.78, 5) is 2.10. The summed E-state index contributed by atoms with van der Waals surface area (Å²) in [6.07, 6.45) is 0. The zero-order chi connectivity index (χ0) is 14.8. The average molecular weight is 320 g/mol. The molecule has 0 aromatic heterocycles. The van der Waals surface area contributed by atoms with E-state index in [1.165, 1.54) is 0 Å². The van der Waals surface area contributed by atoms with Crippen molar-refractivity contribution in [1.82, 2.24) is 5.32 Å². The van der Waals surface area contributed by atoms with Gasteiger partial charge < -0.3 is 14.4 Å². The fourth-order valence-electron chi connectivity index (χ4n) is 2.19. The molecule has 0 spiro atoms. The molecule has 1 aliphatic rings. The number of thiol groups is 1. The molecule has 0 atom stereocenters. The lowest BCUT2D eigenvalue weighted by Crippen LogP contribution is -2.43. The van der Waals surface area contributed by atoms with Gasteiger partial charge in [0.05, 0.1) is 0 Å². The van der Waals surface area contributed by atoms with Crippen molar-refractivity contribution in [2.24, 2.45) is 0 Å². The molecule has 5 nitrogen and oxygen atoms in total. The molecule has 1 fully saturated rings. The highest BCUT2D eigenvalue weighted by Gasteiger charge is 2.18. The minimum absolute atomic E-state index is 0.0209. The molecule has 1 aromatic rings. The number of piperazine rings is 1. The topological polar surface area (TPSA) is 58.6 Å². The van der Waals surface area contributed by atoms with Gasteiger partial charge in [0.2, 0.25) is 0 Å². The largest absolute Gasteiger partial charge is 0.488 e. The van der Waals surface area contributed by atoms with E-state index in [2.05, 4.69) is 27.0 Å². The van der Waals surface area contributed by atoms with E-state index in [1.54, 1.807) is 13.0 Å². The van der Waals surface area contributed by atoms with Crippen molar-refractivity contribution < 1.29 is 16.5 Å². The Bertz CT molecular complexity index is 587. The van der Waals surface area contributed by atoms with Crippen molar-refractivity contribution >= 4 is 28.8 Å². The number of anilines is 1. The molecule has 0 radical (unpaired) electrons. The van der Waals surface area contributed by atoms with Gasteiger partial charge >= 0.3 is 10.5 Å². The normalized spacial score (nSPS) is 16.2. The standard InChI is InChI=1S/C12H17FN2O3S2/c1-9-10(8-19)6-11(15-4-2-14-3-5-15)7-12(9)18-20(13,16)17/h6-7,14,19H,2-5,8H2,1H3. The fourth-order valence-corrected chi connectivity index (χ4v) is 2.91. The summed E-state index contributed by atoms with van der Waals surface area (Å²) in [5, 5.41) is 3.23. The van der Waals surface area contributed by atoms with E-state index in [1.807, 2.05) is 6.07 Å². The van der Waals surface area contributed by atoms with Crippen molar-refractivity contribution in [3.05, 3.63) is 23.3 Å². The fraction of sp³-hybridized carbons (Fsp3) is 0.500. The van der Waals surface area contributed by atoms with Crippen molar-refractivity contribution in [2.45, 2.75) is 12.7 Å². The minimum Gasteiger partial charge on any atom is -0.369 e. The Morgan fingerprint density at radius 2 is 2.05 bits per heavy atom. The van der Waals surface area contributed by atoms with Crippen LogP contribution in [-0.4, -0.2) is 34.6 Å². The average Bonchev–Trinajstić information content (AvgIpc) is 2.40. The second-order valence-corrected chi connectivity index (χ2v) is 5.87. The van der Waals surface area contributed by atoms with Crippen LogP contribution in [0.25, 0.3) is 0 Å². The van der Waals surface area contributed by atoms with Crippen LogP contribution < -0.4 is 14.4 Å². The summed E-state index contributed by atoms with van der Waals surface area (Å²) in [6.45, 7) is 4.99. The molecular weight excluding hydrogens is 303 g/mol. The molecule has 0 bridgehead atoms. The van der Waals surface area contributed by atoms with E-state index in [0.29, 0.717) is 11.3 Å². The number of nitrogens with zero attached hydrogens (tertiary/aromatic N) is 1. The van der Waals surface area contributed by atoms with E-state index >= 15 is 0 Å². The third-order valence-electron chi connectivity index (χ3n) is 3.29. The molecule has 1 N–H and O–H groups in total. The zero-order valence-electron chi connectivity index (χ0n) is 11.1. The highest BCUT2D eigenvalue weighted by atomic mass is 32.3. The van der Waals surface area contributed by atoms with Gasteiger partial charge in [-0.2, -0.15) is 21.0 Å². The summed E-state index contributed by atoms with van der Waals surface area (Å²) in [5.74, 6) is 0.446. The summed E-state index contributed by atoms with van der Waals surface area (Å²) in [5.41, 5.74) is 2.22. The van der Waals surface area contributed by atoms with Crippen LogP contribution in [0.2, 0.25) is 0 Å². The number of benzene rings is 1. The highest BCUT2D eigenvalue weighted by Crippen LogP contribution is 2.31. The summed E-state index contributed by atoms with van der Waals surface area (Å²) in [7, 11) is -5.03. The minimum atomic E-state index is -5.03. The molecule has 0 unspecified atom stereocenters. The molecule has 8 heteroatoms.